The molecule has 0 saturated heterocycles. The van der Waals surface area contributed by atoms with Crippen LogP contribution in [-0.2, 0) is 0 Å². The lowest BCUT2D eigenvalue weighted by Gasteiger charge is -2.09. The van der Waals surface area contributed by atoms with Crippen molar-refractivity contribution in [3.05, 3.63) is 34.2 Å². The molecule has 17 heavy (non-hydrogen) atoms. The van der Waals surface area contributed by atoms with E-state index in [0.29, 0.717) is 11.6 Å². The summed E-state index contributed by atoms with van der Waals surface area (Å²) in [5.74, 6) is 6.67. The summed E-state index contributed by atoms with van der Waals surface area (Å²) >= 11 is 3.37. The van der Waals surface area contributed by atoms with Gasteiger partial charge in [-0.15, -0.1) is 0 Å². The Hall–Kier alpha value is -1.53. The summed E-state index contributed by atoms with van der Waals surface area (Å²) in [6.45, 7) is 3.85. The highest BCUT2D eigenvalue weighted by molar-refractivity contribution is 9.10. The first-order valence-electron chi connectivity index (χ1n) is 5.04. The maximum Gasteiger partial charge on any atom is 0.163 e. The van der Waals surface area contributed by atoms with E-state index in [-0.39, 0.29) is 0 Å². The van der Waals surface area contributed by atoms with Gasteiger partial charge in [0.15, 0.2) is 5.82 Å². The Morgan fingerprint density at radius 3 is 2.65 bits per heavy atom. The number of aryl methyl sites for hydroxylation is 1. The van der Waals surface area contributed by atoms with E-state index in [0.717, 1.165) is 21.3 Å². The molecule has 6 heteroatoms. The third-order valence-corrected chi connectivity index (χ3v) is 2.92. The van der Waals surface area contributed by atoms with Crippen LogP contribution in [0.4, 0.5) is 5.82 Å². The maximum atomic E-state index is 5.43. The van der Waals surface area contributed by atoms with Crippen molar-refractivity contribution in [3.8, 4) is 11.4 Å². The molecule has 0 saturated carbocycles. The average molecular weight is 294 g/mol. The monoisotopic (exact) mass is 293 g/mol. The van der Waals surface area contributed by atoms with Gasteiger partial charge in [0.1, 0.15) is 5.82 Å². The van der Waals surface area contributed by atoms with E-state index < -0.39 is 0 Å². The zero-order valence-electron chi connectivity index (χ0n) is 9.53. The van der Waals surface area contributed by atoms with Crippen molar-refractivity contribution in [2.75, 3.05) is 5.43 Å². The summed E-state index contributed by atoms with van der Waals surface area (Å²) in [6, 6.07) is 1.91. The van der Waals surface area contributed by atoms with Gasteiger partial charge in [-0.05, 0) is 35.8 Å². The van der Waals surface area contributed by atoms with E-state index in [1.165, 1.54) is 0 Å². The number of halogens is 1. The SMILES string of the molecule is Cc1nc(-c2cncc(Br)c2)nc(NN)c1C. The highest BCUT2D eigenvalue weighted by atomic mass is 79.9. The molecule has 88 valence electrons. The fourth-order valence-corrected chi connectivity index (χ4v) is 1.80. The number of nitrogens with zero attached hydrogens (tertiary/aromatic N) is 3. The molecule has 0 aliphatic carbocycles. The van der Waals surface area contributed by atoms with Crippen molar-refractivity contribution >= 4 is 21.7 Å². The molecular formula is C11H12BrN5. The molecule has 0 aliphatic rings. The number of pyridine rings is 1. The van der Waals surface area contributed by atoms with Crippen molar-refractivity contribution in [3.63, 3.8) is 0 Å². The zero-order chi connectivity index (χ0) is 12.4. The molecule has 0 aromatic carbocycles. The smallest absolute Gasteiger partial charge is 0.163 e. The van der Waals surface area contributed by atoms with Crippen LogP contribution in [0.2, 0.25) is 0 Å². The largest absolute Gasteiger partial charge is 0.308 e. The molecule has 0 amide bonds. The van der Waals surface area contributed by atoms with Crippen LogP contribution in [0, 0.1) is 13.8 Å². The molecule has 0 atom stereocenters. The number of anilines is 1. The molecule has 0 fully saturated rings. The van der Waals surface area contributed by atoms with Crippen molar-refractivity contribution in [1.82, 2.24) is 15.0 Å². The molecule has 3 N–H and O–H groups in total. The molecule has 2 rings (SSSR count). The van der Waals surface area contributed by atoms with Gasteiger partial charge in [-0.1, -0.05) is 0 Å². The van der Waals surface area contributed by atoms with E-state index >= 15 is 0 Å². The minimum absolute atomic E-state index is 0.606. The highest BCUT2D eigenvalue weighted by Crippen LogP contribution is 2.22. The van der Waals surface area contributed by atoms with Crippen LogP contribution in [0.1, 0.15) is 11.3 Å². The van der Waals surface area contributed by atoms with Gasteiger partial charge in [-0.25, -0.2) is 15.8 Å². The molecule has 0 spiro atoms. The van der Waals surface area contributed by atoms with Gasteiger partial charge in [0.2, 0.25) is 0 Å². The number of hydrazine groups is 1. The Kier molecular flexibility index (Phi) is 3.35. The first-order chi connectivity index (χ1) is 8.11. The van der Waals surface area contributed by atoms with Gasteiger partial charge >= 0.3 is 0 Å². The normalized spacial score (nSPS) is 10.4. The van der Waals surface area contributed by atoms with Gasteiger partial charge in [0, 0.05) is 33.7 Å². The first kappa shape index (κ1) is 11.9. The van der Waals surface area contributed by atoms with Crippen LogP contribution in [-0.4, -0.2) is 15.0 Å². The Bertz CT molecular complexity index is 556. The summed E-state index contributed by atoms with van der Waals surface area (Å²) in [5, 5.41) is 0. The van der Waals surface area contributed by atoms with Gasteiger partial charge in [-0.2, -0.15) is 0 Å². The van der Waals surface area contributed by atoms with Crippen LogP contribution in [0.3, 0.4) is 0 Å². The molecule has 0 aliphatic heterocycles. The second kappa shape index (κ2) is 4.77. The molecule has 0 unspecified atom stereocenters. The van der Waals surface area contributed by atoms with E-state index in [2.05, 4.69) is 36.3 Å². The summed E-state index contributed by atoms with van der Waals surface area (Å²) in [6.07, 6.45) is 3.43. The molecule has 2 aromatic heterocycles. The van der Waals surface area contributed by atoms with Crippen molar-refractivity contribution < 1.29 is 0 Å². The first-order valence-corrected chi connectivity index (χ1v) is 5.84. The second-order valence-electron chi connectivity index (χ2n) is 3.64. The summed E-state index contributed by atoms with van der Waals surface area (Å²) in [4.78, 5) is 12.9. The fraction of sp³-hybridized carbons (Fsp3) is 0.182. The van der Waals surface area contributed by atoms with Crippen molar-refractivity contribution in [2.24, 2.45) is 5.84 Å². The number of nitrogen functional groups attached to an aromatic ring is 1. The molecule has 5 nitrogen and oxygen atoms in total. The lowest BCUT2D eigenvalue weighted by atomic mass is 10.2. The lowest BCUT2D eigenvalue weighted by Crippen LogP contribution is -2.12. The predicted molar refractivity (Wildman–Crippen MR) is 70.2 cm³/mol. The number of hydrogen-bond acceptors (Lipinski definition) is 5. The third-order valence-electron chi connectivity index (χ3n) is 2.49. The minimum Gasteiger partial charge on any atom is -0.308 e. The molecule has 0 radical (unpaired) electrons. The number of aromatic nitrogens is 3. The highest BCUT2D eigenvalue weighted by Gasteiger charge is 2.09. The molecule has 2 heterocycles. The fourth-order valence-electron chi connectivity index (χ4n) is 1.43. The van der Waals surface area contributed by atoms with E-state index in [9.17, 15) is 0 Å². The predicted octanol–water partition coefficient (Wildman–Crippen LogP) is 2.20. The summed E-state index contributed by atoms with van der Waals surface area (Å²) < 4.78 is 0.888. The number of rotatable bonds is 2. The Labute approximate surface area is 108 Å². The van der Waals surface area contributed by atoms with Gasteiger partial charge in [0.05, 0.1) is 0 Å². The van der Waals surface area contributed by atoms with Crippen LogP contribution in [0.15, 0.2) is 22.9 Å². The van der Waals surface area contributed by atoms with Crippen molar-refractivity contribution in [1.29, 1.82) is 0 Å². The lowest BCUT2D eigenvalue weighted by molar-refractivity contribution is 1.05. The van der Waals surface area contributed by atoms with Crippen molar-refractivity contribution in [2.45, 2.75) is 13.8 Å². The Balaban J connectivity index is 2.56. The van der Waals surface area contributed by atoms with Crippen LogP contribution < -0.4 is 11.3 Å². The molecule has 0 bridgehead atoms. The van der Waals surface area contributed by atoms with E-state index in [1.807, 2.05) is 19.9 Å². The van der Waals surface area contributed by atoms with E-state index in [1.54, 1.807) is 12.4 Å². The molecular weight excluding hydrogens is 282 g/mol. The van der Waals surface area contributed by atoms with Crippen LogP contribution in [0.5, 0.6) is 0 Å². The number of hydrogen-bond donors (Lipinski definition) is 2. The van der Waals surface area contributed by atoms with Gasteiger partial charge in [-0.3, -0.25) is 4.98 Å². The Morgan fingerprint density at radius 1 is 1.24 bits per heavy atom. The zero-order valence-corrected chi connectivity index (χ0v) is 11.1. The molecule has 2 aromatic rings. The third kappa shape index (κ3) is 2.42. The van der Waals surface area contributed by atoms with Gasteiger partial charge in [0.25, 0.3) is 0 Å². The standard InChI is InChI=1S/C11H12BrN5/c1-6-7(2)15-11(16-10(6)17-13)8-3-9(12)5-14-4-8/h3-5H,13H2,1-2H3,(H,15,16,17). The number of nitrogens with one attached hydrogen (secondary N) is 1. The summed E-state index contributed by atoms with van der Waals surface area (Å²) in [7, 11) is 0. The topological polar surface area (TPSA) is 76.7 Å². The van der Waals surface area contributed by atoms with Gasteiger partial charge < -0.3 is 5.43 Å². The minimum atomic E-state index is 0.606. The Morgan fingerprint density at radius 2 is 2.00 bits per heavy atom. The van der Waals surface area contributed by atoms with E-state index in [4.69, 9.17) is 5.84 Å². The average Bonchev–Trinajstić information content (AvgIpc) is 2.32. The maximum absolute atomic E-state index is 5.43. The van der Waals surface area contributed by atoms with Crippen LogP contribution in [0.25, 0.3) is 11.4 Å². The number of nitrogens with two attached hydrogens (primary N) is 1. The summed E-state index contributed by atoms with van der Waals surface area (Å²) in [5.41, 5.74) is 5.26. The second-order valence-corrected chi connectivity index (χ2v) is 4.56. The quantitative estimate of drug-likeness (QED) is 0.656. The van der Waals surface area contributed by atoms with Crippen LogP contribution >= 0.6 is 15.9 Å².